The molecule has 2 amide bonds. The van der Waals surface area contributed by atoms with E-state index in [1.807, 2.05) is 60.0 Å². The minimum absolute atomic E-state index is 0.0432. The first-order valence-electron chi connectivity index (χ1n) is 11.8. The number of nitrogens with one attached hydrogen (secondary N) is 2. The van der Waals surface area contributed by atoms with Gasteiger partial charge in [-0.3, -0.25) is 24.4 Å². The van der Waals surface area contributed by atoms with Gasteiger partial charge in [-0.25, -0.2) is 5.48 Å². The van der Waals surface area contributed by atoms with Crippen LogP contribution in [0.2, 0.25) is 5.02 Å². The van der Waals surface area contributed by atoms with E-state index in [0.29, 0.717) is 22.4 Å². The number of amides is 2. The zero-order valence-corrected chi connectivity index (χ0v) is 21.1. The van der Waals surface area contributed by atoms with Gasteiger partial charge in [-0.2, -0.15) is 0 Å². The maximum atomic E-state index is 13.2. The molecule has 1 aliphatic rings. The summed E-state index contributed by atoms with van der Waals surface area (Å²) < 4.78 is 1.95. The van der Waals surface area contributed by atoms with Crippen molar-refractivity contribution in [3.8, 4) is 5.69 Å². The number of carbonyl (C=O) groups is 2. The lowest BCUT2D eigenvalue weighted by Gasteiger charge is -2.13. The number of benzene rings is 3. The summed E-state index contributed by atoms with van der Waals surface area (Å²) in [6, 6.07) is 21.7. The lowest BCUT2D eigenvalue weighted by molar-refractivity contribution is -0.124. The molecule has 0 aliphatic carbocycles. The number of aromatic nitrogens is 3. The third-order valence-corrected chi connectivity index (χ3v) is 6.31. The molecule has 2 heterocycles. The van der Waals surface area contributed by atoms with E-state index in [9.17, 15) is 9.59 Å². The van der Waals surface area contributed by atoms with Crippen molar-refractivity contribution in [1.82, 2.24) is 20.2 Å². The molecule has 0 saturated heterocycles. The minimum atomic E-state index is -0.630. The average Bonchev–Trinajstić information content (AvgIpc) is 3.25. The van der Waals surface area contributed by atoms with Crippen molar-refractivity contribution in [3.05, 3.63) is 112 Å². The molecule has 190 valence electrons. The Morgan fingerprint density at radius 1 is 1.03 bits per heavy atom. The smallest absolute Gasteiger partial charge is 0.267 e. The maximum Gasteiger partial charge on any atom is 0.267 e. The molecule has 3 aromatic carbocycles. The van der Waals surface area contributed by atoms with Crippen molar-refractivity contribution >= 4 is 40.9 Å². The minimum Gasteiger partial charge on any atom is -0.326 e. The van der Waals surface area contributed by atoms with E-state index in [-0.39, 0.29) is 12.3 Å². The zero-order chi connectivity index (χ0) is 26.6. The Kier molecular flexibility index (Phi) is 7.12. The van der Waals surface area contributed by atoms with Crippen molar-refractivity contribution in [1.29, 1.82) is 0 Å². The summed E-state index contributed by atoms with van der Waals surface area (Å²) >= 11 is 6.14. The fourth-order valence-electron chi connectivity index (χ4n) is 4.29. The van der Waals surface area contributed by atoms with Crippen LogP contribution >= 0.6 is 11.6 Å². The third-order valence-electron chi connectivity index (χ3n) is 6.06. The predicted molar refractivity (Wildman–Crippen MR) is 145 cm³/mol. The van der Waals surface area contributed by atoms with Gasteiger partial charge in [-0.15, -0.1) is 10.2 Å². The molecular weight excluding hydrogens is 504 g/mol. The Morgan fingerprint density at radius 2 is 1.76 bits per heavy atom. The normalized spacial score (nSPS) is 14.3. The van der Waals surface area contributed by atoms with Crippen LogP contribution in [0.15, 0.2) is 83.9 Å². The lowest BCUT2D eigenvalue weighted by Crippen LogP contribution is -2.17. The number of carbonyl (C=O) groups excluding carboxylic acids is 2. The molecule has 0 spiro atoms. The molecule has 4 aromatic rings. The molecule has 3 N–H and O–H groups in total. The van der Waals surface area contributed by atoms with Crippen LogP contribution in [0.5, 0.6) is 0 Å². The number of hydrogen-bond donors (Lipinski definition) is 3. The number of hydroxylamine groups is 1. The second kappa shape index (κ2) is 10.8. The molecule has 1 aliphatic heterocycles. The summed E-state index contributed by atoms with van der Waals surface area (Å²) in [5.41, 5.74) is 6.27. The van der Waals surface area contributed by atoms with E-state index in [2.05, 4.69) is 15.5 Å². The van der Waals surface area contributed by atoms with Crippen molar-refractivity contribution in [3.63, 3.8) is 0 Å². The highest BCUT2D eigenvalue weighted by molar-refractivity contribution is 6.30. The molecule has 0 bridgehead atoms. The predicted octanol–water partition coefficient (Wildman–Crippen LogP) is 4.67. The van der Waals surface area contributed by atoms with Crippen molar-refractivity contribution in [2.45, 2.75) is 19.4 Å². The number of halogens is 1. The number of rotatable bonds is 6. The van der Waals surface area contributed by atoms with Crippen LogP contribution in [-0.4, -0.2) is 37.5 Å². The largest absolute Gasteiger partial charge is 0.326 e. The number of para-hydroxylation sites is 1. The van der Waals surface area contributed by atoms with Crippen LogP contribution in [0.1, 0.15) is 40.8 Å². The lowest BCUT2D eigenvalue weighted by atomic mass is 10.0. The van der Waals surface area contributed by atoms with Crippen LogP contribution in [0.3, 0.4) is 0 Å². The molecule has 0 unspecified atom stereocenters. The number of hydrogen-bond acceptors (Lipinski definition) is 6. The first kappa shape index (κ1) is 25.1. The Bertz CT molecular complexity index is 1560. The van der Waals surface area contributed by atoms with E-state index in [4.69, 9.17) is 21.8 Å². The summed E-state index contributed by atoms with van der Waals surface area (Å²) in [7, 11) is 0. The highest BCUT2D eigenvalue weighted by Gasteiger charge is 2.29. The van der Waals surface area contributed by atoms with Gasteiger partial charge in [0, 0.05) is 27.9 Å². The van der Waals surface area contributed by atoms with E-state index < -0.39 is 11.9 Å². The van der Waals surface area contributed by atoms with Gasteiger partial charge in [-0.05, 0) is 48.9 Å². The number of nitrogens with zero attached hydrogens (tertiary/aromatic N) is 4. The number of fused-ring (bicyclic) bond motifs is 3. The molecule has 9 nitrogen and oxygen atoms in total. The maximum absolute atomic E-state index is 13.2. The Hall–Kier alpha value is -4.60. The molecular formula is C28H23ClN6O3. The summed E-state index contributed by atoms with van der Waals surface area (Å²) in [5, 5.41) is 20.8. The van der Waals surface area contributed by atoms with E-state index in [0.717, 1.165) is 28.1 Å². The van der Waals surface area contributed by atoms with Gasteiger partial charge >= 0.3 is 0 Å². The van der Waals surface area contributed by atoms with E-state index in [1.54, 1.807) is 30.3 Å². The number of anilines is 1. The molecule has 0 saturated carbocycles. The van der Waals surface area contributed by atoms with Gasteiger partial charge in [0.25, 0.3) is 5.91 Å². The topological polar surface area (TPSA) is 122 Å². The van der Waals surface area contributed by atoms with Gasteiger partial charge in [0.1, 0.15) is 11.9 Å². The zero-order valence-electron chi connectivity index (χ0n) is 20.3. The molecule has 5 rings (SSSR count). The SMILES string of the molecule is Cc1nnc2n1-c1ccccc1C(c1ccc(Cl)cc1)=N[C@H]2CC(=O)Nc1ccc(/C=C/C(=O)NO)cc1. The second-order valence-electron chi connectivity index (χ2n) is 8.64. The number of aryl methyl sites for hydroxylation is 1. The Morgan fingerprint density at radius 3 is 2.50 bits per heavy atom. The summed E-state index contributed by atoms with van der Waals surface area (Å²) in [5.74, 6) is 0.408. The molecule has 10 heteroatoms. The van der Waals surface area contributed by atoms with E-state index >= 15 is 0 Å². The highest BCUT2D eigenvalue weighted by atomic mass is 35.5. The monoisotopic (exact) mass is 526 g/mol. The fourth-order valence-corrected chi connectivity index (χ4v) is 4.42. The molecule has 0 fully saturated rings. The van der Waals surface area contributed by atoms with Crippen molar-refractivity contribution in [2.24, 2.45) is 4.99 Å². The highest BCUT2D eigenvalue weighted by Crippen LogP contribution is 2.33. The van der Waals surface area contributed by atoms with Gasteiger partial charge in [0.05, 0.1) is 17.8 Å². The Labute approximate surface area is 223 Å². The standard InChI is InChI=1S/C28H23ClN6O3/c1-17-32-33-28-23(16-26(37)30-21-13-6-18(7-14-21)8-15-25(36)34-38)31-27(19-9-11-20(29)12-10-19)22-4-2-3-5-24(22)35(17)28/h2-15,23,38H,16H2,1H3,(H,30,37)(H,34,36)/b15-8+/t23-/m0/s1. The molecule has 0 radical (unpaired) electrons. The average molecular weight is 527 g/mol. The second-order valence-corrected chi connectivity index (χ2v) is 9.08. The van der Waals surface area contributed by atoms with Crippen LogP contribution in [-0.2, 0) is 9.59 Å². The van der Waals surface area contributed by atoms with Gasteiger partial charge in [0.2, 0.25) is 5.91 Å². The van der Waals surface area contributed by atoms with Gasteiger partial charge in [0.15, 0.2) is 5.82 Å². The van der Waals surface area contributed by atoms with Crippen molar-refractivity contribution < 1.29 is 14.8 Å². The molecule has 38 heavy (non-hydrogen) atoms. The summed E-state index contributed by atoms with van der Waals surface area (Å²) in [6.45, 7) is 1.87. The first-order valence-corrected chi connectivity index (χ1v) is 12.2. The van der Waals surface area contributed by atoms with Crippen molar-refractivity contribution in [2.75, 3.05) is 5.32 Å². The summed E-state index contributed by atoms with van der Waals surface area (Å²) in [6.07, 6.45) is 2.79. The number of aliphatic imine (C=N–C) groups is 1. The summed E-state index contributed by atoms with van der Waals surface area (Å²) in [4.78, 5) is 29.4. The fraction of sp³-hybridized carbons (Fsp3) is 0.107. The van der Waals surface area contributed by atoms with Crippen LogP contribution < -0.4 is 10.8 Å². The van der Waals surface area contributed by atoms with E-state index in [1.165, 1.54) is 11.6 Å². The van der Waals surface area contributed by atoms with Crippen LogP contribution in [0, 0.1) is 6.92 Å². The first-order chi connectivity index (χ1) is 18.4. The Balaban J connectivity index is 1.45. The quantitative estimate of drug-likeness (QED) is 0.191. The van der Waals surface area contributed by atoms with Gasteiger partial charge in [-0.1, -0.05) is 54.1 Å². The molecule has 1 aromatic heterocycles. The van der Waals surface area contributed by atoms with Crippen LogP contribution in [0.4, 0.5) is 5.69 Å². The van der Waals surface area contributed by atoms with Crippen LogP contribution in [0.25, 0.3) is 11.8 Å². The van der Waals surface area contributed by atoms with Gasteiger partial charge < -0.3 is 5.32 Å². The molecule has 1 atom stereocenters. The third kappa shape index (κ3) is 5.24.